The van der Waals surface area contributed by atoms with E-state index in [1.165, 1.54) is 0 Å². The number of carbonyl (C=O) groups excluding carboxylic acids is 1. The van der Waals surface area contributed by atoms with Gasteiger partial charge >= 0.3 is 0 Å². The van der Waals surface area contributed by atoms with Crippen LogP contribution in [0.25, 0.3) is 0 Å². The van der Waals surface area contributed by atoms with E-state index in [0.29, 0.717) is 32.6 Å². The summed E-state index contributed by atoms with van der Waals surface area (Å²) in [5, 5.41) is 8.46. The number of hydrogen-bond donors (Lipinski definition) is 0. The number of hydrogen-bond acceptors (Lipinski definition) is 4. The normalized spacial score (nSPS) is 9.85. The molecule has 0 aliphatic rings. The van der Waals surface area contributed by atoms with Crippen LogP contribution in [-0.4, -0.2) is 38.1 Å². The Kier molecular flexibility index (Phi) is 7.15. The minimum absolute atomic E-state index is 0.00843. The number of carbonyl (C=O) groups is 1. The van der Waals surface area contributed by atoms with Crippen LogP contribution in [-0.2, 0) is 16.1 Å². The Hall–Kier alpha value is -2.06. The molecule has 1 rings (SSSR count). The lowest BCUT2D eigenvalue weighted by Crippen LogP contribution is -2.28. The fourth-order valence-electron chi connectivity index (χ4n) is 1.65. The Balaban J connectivity index is 2.24. The predicted octanol–water partition coefficient (Wildman–Crippen LogP) is 1.97. The molecule has 5 heteroatoms. The summed E-state index contributed by atoms with van der Waals surface area (Å²) in [6.07, 6.45) is 0.679. The topological polar surface area (TPSA) is 62.6 Å². The van der Waals surface area contributed by atoms with Crippen LogP contribution in [0.2, 0.25) is 0 Å². The maximum atomic E-state index is 11.7. The molecule has 0 aliphatic heterocycles. The van der Waals surface area contributed by atoms with Gasteiger partial charge in [-0.15, -0.1) is 0 Å². The lowest BCUT2D eigenvalue weighted by atomic mass is 10.2. The molecule has 0 N–H and O–H groups in total. The molecule has 20 heavy (non-hydrogen) atoms. The van der Waals surface area contributed by atoms with Crippen LogP contribution in [0.15, 0.2) is 24.3 Å². The molecule has 108 valence electrons. The van der Waals surface area contributed by atoms with Crippen LogP contribution < -0.4 is 4.74 Å². The number of amides is 1. The summed E-state index contributed by atoms with van der Waals surface area (Å²) in [7, 11) is 3.32. The zero-order chi connectivity index (χ0) is 14.8. The van der Waals surface area contributed by atoms with E-state index < -0.39 is 0 Å². The van der Waals surface area contributed by atoms with Crippen molar-refractivity contribution in [2.45, 2.75) is 19.4 Å². The van der Waals surface area contributed by atoms with E-state index in [0.717, 1.165) is 11.3 Å². The highest BCUT2D eigenvalue weighted by Crippen LogP contribution is 2.13. The minimum Gasteiger partial charge on any atom is -0.497 e. The third-order valence-corrected chi connectivity index (χ3v) is 2.85. The SMILES string of the molecule is COc1cccc(COCCC(=O)N(C)CCC#N)c1. The summed E-state index contributed by atoms with van der Waals surface area (Å²) >= 11 is 0. The third-order valence-electron chi connectivity index (χ3n) is 2.85. The average Bonchev–Trinajstić information content (AvgIpc) is 2.49. The molecule has 0 aromatic heterocycles. The van der Waals surface area contributed by atoms with Crippen LogP contribution in [0.4, 0.5) is 0 Å². The fraction of sp³-hybridized carbons (Fsp3) is 0.467. The summed E-state index contributed by atoms with van der Waals surface area (Å²) in [5.74, 6) is 0.782. The van der Waals surface area contributed by atoms with Gasteiger partial charge in [-0.05, 0) is 17.7 Å². The molecular formula is C15H20N2O3. The first kappa shape index (κ1) is 16.0. The molecule has 0 fully saturated rings. The standard InChI is InChI=1S/C15H20N2O3/c1-17(9-4-8-16)15(18)7-10-20-12-13-5-3-6-14(11-13)19-2/h3,5-6,11H,4,7,9-10,12H2,1-2H3. The fourth-order valence-corrected chi connectivity index (χ4v) is 1.65. The third kappa shape index (κ3) is 5.72. The number of benzene rings is 1. The molecule has 0 spiro atoms. The Bertz CT molecular complexity index is 468. The van der Waals surface area contributed by atoms with Crippen molar-refractivity contribution in [2.24, 2.45) is 0 Å². The van der Waals surface area contributed by atoms with E-state index in [1.807, 2.05) is 30.3 Å². The molecule has 1 amide bonds. The molecule has 0 saturated carbocycles. The summed E-state index contributed by atoms with van der Waals surface area (Å²) in [6, 6.07) is 9.64. The highest BCUT2D eigenvalue weighted by atomic mass is 16.5. The van der Waals surface area contributed by atoms with Gasteiger partial charge < -0.3 is 14.4 Å². The maximum Gasteiger partial charge on any atom is 0.224 e. The van der Waals surface area contributed by atoms with Crippen LogP contribution in [0.3, 0.4) is 0 Å². The number of ether oxygens (including phenoxy) is 2. The zero-order valence-electron chi connectivity index (χ0n) is 12.0. The zero-order valence-corrected chi connectivity index (χ0v) is 12.0. The first-order chi connectivity index (χ1) is 9.67. The van der Waals surface area contributed by atoms with Crippen molar-refractivity contribution in [3.8, 4) is 11.8 Å². The summed E-state index contributed by atoms with van der Waals surface area (Å²) in [6.45, 7) is 1.28. The van der Waals surface area contributed by atoms with Crippen molar-refractivity contribution in [1.82, 2.24) is 4.90 Å². The van der Waals surface area contributed by atoms with Gasteiger partial charge in [0, 0.05) is 13.6 Å². The lowest BCUT2D eigenvalue weighted by molar-refractivity contribution is -0.131. The second kappa shape index (κ2) is 8.94. The second-order valence-electron chi connectivity index (χ2n) is 4.38. The Morgan fingerprint density at radius 3 is 2.95 bits per heavy atom. The molecule has 0 saturated heterocycles. The number of rotatable bonds is 8. The van der Waals surface area contributed by atoms with Gasteiger partial charge in [0.05, 0.1) is 39.2 Å². The molecule has 5 nitrogen and oxygen atoms in total. The summed E-state index contributed by atoms with van der Waals surface area (Å²) in [5.41, 5.74) is 1.01. The second-order valence-corrected chi connectivity index (χ2v) is 4.38. The molecule has 0 aliphatic carbocycles. The van der Waals surface area contributed by atoms with E-state index >= 15 is 0 Å². The predicted molar refractivity (Wildman–Crippen MR) is 75.1 cm³/mol. The van der Waals surface area contributed by atoms with Crippen LogP contribution in [0, 0.1) is 11.3 Å². The lowest BCUT2D eigenvalue weighted by Gasteiger charge is -2.15. The van der Waals surface area contributed by atoms with Gasteiger partial charge in [-0.2, -0.15) is 5.26 Å². The van der Waals surface area contributed by atoms with Crippen molar-refractivity contribution < 1.29 is 14.3 Å². The van der Waals surface area contributed by atoms with Crippen molar-refractivity contribution in [2.75, 3.05) is 27.3 Å². The van der Waals surface area contributed by atoms with Crippen molar-refractivity contribution in [3.05, 3.63) is 29.8 Å². The molecule has 0 atom stereocenters. The van der Waals surface area contributed by atoms with E-state index in [4.69, 9.17) is 14.7 Å². The van der Waals surface area contributed by atoms with Crippen molar-refractivity contribution in [1.29, 1.82) is 5.26 Å². The Morgan fingerprint density at radius 1 is 1.45 bits per heavy atom. The van der Waals surface area contributed by atoms with E-state index in [1.54, 1.807) is 19.1 Å². The van der Waals surface area contributed by atoms with Gasteiger partial charge in [0.25, 0.3) is 0 Å². The molecule has 1 aromatic rings. The largest absolute Gasteiger partial charge is 0.497 e. The molecule has 0 heterocycles. The van der Waals surface area contributed by atoms with Crippen molar-refractivity contribution >= 4 is 5.91 Å². The monoisotopic (exact) mass is 276 g/mol. The van der Waals surface area contributed by atoms with Crippen molar-refractivity contribution in [3.63, 3.8) is 0 Å². The highest BCUT2D eigenvalue weighted by molar-refractivity contribution is 5.75. The number of nitriles is 1. The molecule has 0 bridgehead atoms. The highest BCUT2D eigenvalue weighted by Gasteiger charge is 2.07. The van der Waals surface area contributed by atoms with E-state index in [9.17, 15) is 4.79 Å². The Labute approximate surface area is 119 Å². The summed E-state index contributed by atoms with van der Waals surface area (Å²) in [4.78, 5) is 13.2. The average molecular weight is 276 g/mol. The van der Waals surface area contributed by atoms with Gasteiger partial charge in [0.2, 0.25) is 5.91 Å². The Morgan fingerprint density at radius 2 is 2.25 bits per heavy atom. The maximum absolute atomic E-state index is 11.7. The first-order valence-electron chi connectivity index (χ1n) is 6.49. The molecule has 0 unspecified atom stereocenters. The van der Waals surface area contributed by atoms with Gasteiger partial charge in [-0.25, -0.2) is 0 Å². The van der Waals surface area contributed by atoms with Crippen LogP contribution in [0.5, 0.6) is 5.75 Å². The quantitative estimate of drug-likeness (QED) is 0.681. The van der Waals surface area contributed by atoms with E-state index in [-0.39, 0.29) is 5.91 Å². The molecule has 1 aromatic carbocycles. The van der Waals surface area contributed by atoms with Crippen LogP contribution >= 0.6 is 0 Å². The molecule has 0 radical (unpaired) electrons. The van der Waals surface area contributed by atoms with Gasteiger partial charge in [0.1, 0.15) is 5.75 Å². The van der Waals surface area contributed by atoms with Gasteiger partial charge in [0.15, 0.2) is 0 Å². The van der Waals surface area contributed by atoms with E-state index in [2.05, 4.69) is 0 Å². The van der Waals surface area contributed by atoms with Gasteiger partial charge in [-0.1, -0.05) is 12.1 Å². The first-order valence-corrected chi connectivity index (χ1v) is 6.49. The number of methoxy groups -OCH3 is 1. The smallest absolute Gasteiger partial charge is 0.224 e. The van der Waals surface area contributed by atoms with Crippen LogP contribution in [0.1, 0.15) is 18.4 Å². The van der Waals surface area contributed by atoms with Gasteiger partial charge in [-0.3, -0.25) is 4.79 Å². The number of nitrogens with zero attached hydrogens (tertiary/aromatic N) is 2. The summed E-state index contributed by atoms with van der Waals surface area (Å²) < 4.78 is 10.6. The minimum atomic E-state index is -0.00843. The molecular weight excluding hydrogens is 256 g/mol.